The molecule has 1 aromatic carbocycles. The molecule has 2 unspecified atom stereocenters. The zero-order chi connectivity index (χ0) is 34.9. The summed E-state index contributed by atoms with van der Waals surface area (Å²) in [5.74, 6) is 1.77. The van der Waals surface area contributed by atoms with Crippen LogP contribution in [0.5, 0.6) is 0 Å². The van der Waals surface area contributed by atoms with Crippen LogP contribution in [0.1, 0.15) is 157 Å². The van der Waals surface area contributed by atoms with E-state index in [4.69, 9.17) is 10.5 Å². The SMILES string of the molecule is C=C(C)O.C=C(C)c1c(C)c(F)c(C(=N)/C(C(C)=C(C)C)=C(C)\C(C)=C/C)c(CC)c1CC.CCC(C)CCCC(C)CC. The minimum atomic E-state index is -0.285. The highest BCUT2D eigenvalue weighted by Crippen LogP contribution is 2.35. The molecule has 0 fully saturated rings. The molecule has 0 aliphatic rings. The number of nitrogens with one attached hydrogen (secondary N) is 1. The standard InChI is InChI=1S/C27H38FN.C11H24.C3H6O/c1-12-17(8)19(10)24(18(9)15(4)5)27(29)25-22(14-3)21(13-2)23(16(6)7)20(11)26(25)28;1-5-10(3)8-7-9-11(4)6-2;1-3(2)4/h12,29H,6,13-14H2,1-5,7-11H3;10-11H,5-9H2,1-4H3;4H,1H2,2H3/b17-12-,24-19-,29-27?;;. The summed E-state index contributed by atoms with van der Waals surface area (Å²) < 4.78 is 15.8. The zero-order valence-electron chi connectivity index (χ0n) is 31.4. The molecule has 0 spiro atoms. The first-order valence-corrected chi connectivity index (χ1v) is 16.8. The summed E-state index contributed by atoms with van der Waals surface area (Å²) in [5, 5.41) is 17.0. The number of hydrogen-bond donors (Lipinski definition) is 2. The van der Waals surface area contributed by atoms with Gasteiger partial charge in [-0.25, -0.2) is 4.39 Å². The molecule has 0 aliphatic carbocycles. The Bertz CT molecular complexity index is 1190. The van der Waals surface area contributed by atoms with Gasteiger partial charge in [-0.1, -0.05) is 110 Å². The van der Waals surface area contributed by atoms with Crippen LogP contribution >= 0.6 is 0 Å². The summed E-state index contributed by atoms with van der Waals surface area (Å²) in [6.45, 7) is 38.1. The molecule has 0 saturated carbocycles. The average molecular weight is 610 g/mol. The lowest BCUT2D eigenvalue weighted by molar-refractivity contribution is 0.417. The average Bonchev–Trinajstić information content (AvgIpc) is 2.96. The van der Waals surface area contributed by atoms with Crippen molar-refractivity contribution in [2.45, 2.75) is 149 Å². The van der Waals surface area contributed by atoms with Crippen LogP contribution in [-0.4, -0.2) is 10.8 Å². The number of benzene rings is 1. The number of rotatable bonds is 13. The Morgan fingerprint density at radius 3 is 1.55 bits per heavy atom. The lowest BCUT2D eigenvalue weighted by Gasteiger charge is -2.24. The topological polar surface area (TPSA) is 44.1 Å². The van der Waals surface area contributed by atoms with Gasteiger partial charge in [0.15, 0.2) is 0 Å². The third-order valence-electron chi connectivity index (χ3n) is 8.84. The highest BCUT2D eigenvalue weighted by molar-refractivity contribution is 6.15. The third-order valence-corrected chi connectivity index (χ3v) is 8.84. The molecular weight excluding hydrogens is 541 g/mol. The van der Waals surface area contributed by atoms with Crippen LogP contribution in [0.15, 0.2) is 52.9 Å². The van der Waals surface area contributed by atoms with E-state index in [9.17, 15) is 0 Å². The Hall–Kier alpha value is -2.68. The molecule has 0 aromatic heterocycles. The Labute approximate surface area is 272 Å². The highest BCUT2D eigenvalue weighted by Gasteiger charge is 2.26. The fourth-order valence-corrected chi connectivity index (χ4v) is 5.24. The third kappa shape index (κ3) is 13.5. The molecule has 2 N–H and O–H groups in total. The first-order valence-electron chi connectivity index (χ1n) is 16.8. The Kier molecular flexibility index (Phi) is 21.7. The van der Waals surface area contributed by atoms with Crippen LogP contribution in [0.4, 0.5) is 4.39 Å². The van der Waals surface area contributed by atoms with E-state index in [1.165, 1.54) is 39.0 Å². The second kappa shape index (κ2) is 21.9. The molecule has 0 amide bonds. The quantitative estimate of drug-likeness (QED) is 0.130. The van der Waals surface area contributed by atoms with E-state index in [1.54, 1.807) is 0 Å². The van der Waals surface area contributed by atoms with Crippen LogP contribution in [0.2, 0.25) is 0 Å². The van der Waals surface area contributed by atoms with Crippen LogP contribution in [0, 0.1) is 30.0 Å². The second-order valence-electron chi connectivity index (χ2n) is 12.8. The van der Waals surface area contributed by atoms with Gasteiger partial charge in [0, 0.05) is 11.1 Å². The van der Waals surface area contributed by atoms with Crippen LogP contribution in [0.3, 0.4) is 0 Å². The maximum atomic E-state index is 15.8. The van der Waals surface area contributed by atoms with Crippen molar-refractivity contribution < 1.29 is 9.50 Å². The van der Waals surface area contributed by atoms with E-state index in [0.29, 0.717) is 17.5 Å². The summed E-state index contributed by atoms with van der Waals surface area (Å²) in [6.07, 6.45) is 10.5. The lowest BCUT2D eigenvalue weighted by atomic mass is 9.80. The maximum absolute atomic E-state index is 15.8. The molecule has 1 rings (SSSR count). The summed E-state index contributed by atoms with van der Waals surface area (Å²) in [5.41, 5.74) is 10.3. The van der Waals surface area contributed by atoms with Gasteiger partial charge in [0.05, 0.1) is 11.5 Å². The smallest absolute Gasteiger partial charge is 0.136 e. The highest BCUT2D eigenvalue weighted by atomic mass is 19.1. The van der Waals surface area contributed by atoms with Crippen molar-refractivity contribution >= 4 is 11.3 Å². The normalized spacial score (nSPS) is 13.0. The fourth-order valence-electron chi connectivity index (χ4n) is 5.24. The fraction of sp³-hybridized carbons (Fsp3) is 0.585. The molecule has 3 heteroatoms. The number of allylic oxidation sites excluding steroid dienone is 8. The van der Waals surface area contributed by atoms with Gasteiger partial charge in [0.2, 0.25) is 0 Å². The lowest BCUT2D eigenvalue weighted by Crippen LogP contribution is -2.17. The van der Waals surface area contributed by atoms with E-state index in [1.807, 2.05) is 68.4 Å². The minimum Gasteiger partial charge on any atom is -0.513 e. The van der Waals surface area contributed by atoms with Crippen molar-refractivity contribution in [2.24, 2.45) is 11.8 Å². The number of aliphatic hydroxyl groups excluding tert-OH is 1. The molecule has 250 valence electrons. The van der Waals surface area contributed by atoms with Crippen molar-refractivity contribution in [1.82, 2.24) is 0 Å². The predicted molar refractivity (Wildman–Crippen MR) is 198 cm³/mol. The zero-order valence-corrected chi connectivity index (χ0v) is 31.4. The van der Waals surface area contributed by atoms with Crippen LogP contribution in [0.25, 0.3) is 5.57 Å². The molecule has 2 nitrogen and oxygen atoms in total. The number of hydrogen-bond acceptors (Lipinski definition) is 2. The van der Waals surface area contributed by atoms with Gasteiger partial charge in [-0.15, -0.1) is 0 Å². The minimum absolute atomic E-state index is 0.167. The molecule has 0 bridgehead atoms. The molecular formula is C41H68FNO. The Balaban J connectivity index is 0. The molecule has 2 atom stereocenters. The van der Waals surface area contributed by atoms with Crippen molar-refractivity contribution in [3.05, 3.63) is 86.5 Å². The van der Waals surface area contributed by atoms with Gasteiger partial charge in [-0.05, 0) is 120 Å². The maximum Gasteiger partial charge on any atom is 0.136 e. The molecule has 44 heavy (non-hydrogen) atoms. The van der Waals surface area contributed by atoms with Gasteiger partial charge in [-0.2, -0.15) is 0 Å². The van der Waals surface area contributed by atoms with Gasteiger partial charge in [-0.3, -0.25) is 5.41 Å². The van der Waals surface area contributed by atoms with Gasteiger partial charge in [0.25, 0.3) is 0 Å². The van der Waals surface area contributed by atoms with Crippen molar-refractivity contribution in [3.63, 3.8) is 0 Å². The van der Waals surface area contributed by atoms with Gasteiger partial charge in [0.1, 0.15) is 5.82 Å². The summed E-state index contributed by atoms with van der Waals surface area (Å²) in [4.78, 5) is 0. The van der Waals surface area contributed by atoms with Crippen molar-refractivity contribution in [3.8, 4) is 0 Å². The molecule has 0 heterocycles. The largest absolute Gasteiger partial charge is 0.513 e. The van der Waals surface area contributed by atoms with E-state index in [2.05, 4.69) is 47.8 Å². The van der Waals surface area contributed by atoms with Gasteiger partial charge >= 0.3 is 0 Å². The van der Waals surface area contributed by atoms with Crippen molar-refractivity contribution in [1.29, 1.82) is 5.41 Å². The van der Waals surface area contributed by atoms with E-state index < -0.39 is 0 Å². The first-order chi connectivity index (χ1) is 20.4. The Morgan fingerprint density at radius 2 is 1.23 bits per heavy atom. The first kappa shape index (κ1) is 43.4. The number of aliphatic hydroxyl groups is 1. The van der Waals surface area contributed by atoms with E-state index >= 15 is 4.39 Å². The van der Waals surface area contributed by atoms with Crippen molar-refractivity contribution in [2.75, 3.05) is 0 Å². The summed E-state index contributed by atoms with van der Waals surface area (Å²) in [6, 6.07) is 0. The number of halogens is 1. The van der Waals surface area contributed by atoms with Crippen LogP contribution < -0.4 is 0 Å². The van der Waals surface area contributed by atoms with E-state index in [0.717, 1.165) is 68.4 Å². The van der Waals surface area contributed by atoms with E-state index in [-0.39, 0.29) is 17.3 Å². The second-order valence-corrected chi connectivity index (χ2v) is 12.8. The Morgan fingerprint density at radius 1 is 0.818 bits per heavy atom. The molecule has 0 aliphatic heterocycles. The molecule has 0 saturated heterocycles. The molecule has 0 radical (unpaired) electrons. The summed E-state index contributed by atoms with van der Waals surface area (Å²) >= 11 is 0. The summed E-state index contributed by atoms with van der Waals surface area (Å²) in [7, 11) is 0. The monoisotopic (exact) mass is 610 g/mol. The van der Waals surface area contributed by atoms with Gasteiger partial charge < -0.3 is 5.11 Å². The molecule has 1 aromatic rings. The predicted octanol–water partition coefficient (Wildman–Crippen LogP) is 13.6. The van der Waals surface area contributed by atoms with Crippen LogP contribution in [-0.2, 0) is 12.8 Å².